The van der Waals surface area contributed by atoms with Crippen molar-refractivity contribution in [2.45, 2.75) is 50.7 Å². The number of methoxy groups -OCH3 is 1. The lowest BCUT2D eigenvalue weighted by Gasteiger charge is -2.26. The maximum absolute atomic E-state index is 13.3. The minimum atomic E-state index is -0.568. The molecule has 0 spiro atoms. The molecule has 0 aromatic heterocycles. The predicted molar refractivity (Wildman–Crippen MR) is 168 cm³/mol. The first kappa shape index (κ1) is 32.6. The van der Waals surface area contributed by atoms with Crippen LogP contribution in [0, 0.1) is 5.92 Å². The van der Waals surface area contributed by atoms with E-state index in [1.54, 1.807) is 30.6 Å². The Bertz CT molecular complexity index is 1030. The fraction of sp³-hybridized carbons (Fsp3) is 0.533. The highest BCUT2D eigenvalue weighted by Crippen LogP contribution is 2.27. The normalized spacial score (nSPS) is 18.5. The Labute approximate surface area is 253 Å². The van der Waals surface area contributed by atoms with Gasteiger partial charge in [0.05, 0.1) is 12.6 Å². The highest BCUT2D eigenvalue weighted by molar-refractivity contribution is 7.99. The van der Waals surface area contributed by atoms with E-state index in [1.165, 1.54) is 32.1 Å². The summed E-state index contributed by atoms with van der Waals surface area (Å²) in [6, 6.07) is 16.6. The molecule has 1 saturated heterocycles. The van der Waals surface area contributed by atoms with Crippen LogP contribution >= 0.6 is 35.9 Å². The van der Waals surface area contributed by atoms with E-state index in [1.807, 2.05) is 54.6 Å². The maximum atomic E-state index is 13.3. The number of hydrogen-bond donors (Lipinski definition) is 2. The number of thioether (sulfide) groups is 2. The van der Waals surface area contributed by atoms with Crippen LogP contribution in [0.15, 0.2) is 54.6 Å². The highest BCUT2D eigenvalue weighted by Gasteiger charge is 2.33. The van der Waals surface area contributed by atoms with Crippen LogP contribution in [0.4, 0.5) is 0 Å². The largest absolute Gasteiger partial charge is 0.457 e. The van der Waals surface area contributed by atoms with Gasteiger partial charge in [0.25, 0.3) is 0 Å². The number of hydrogen-bond acceptors (Lipinski definition) is 7. The van der Waals surface area contributed by atoms with Crippen LogP contribution in [0.3, 0.4) is 0 Å². The Kier molecular flexibility index (Phi) is 14.5. The summed E-state index contributed by atoms with van der Waals surface area (Å²) in [6.07, 6.45) is 6.48. The van der Waals surface area contributed by atoms with Crippen molar-refractivity contribution in [3.8, 4) is 11.5 Å². The number of carbonyl (C=O) groups excluding carboxylic acids is 2. The third-order valence-corrected chi connectivity index (χ3v) is 9.57. The number of benzene rings is 2. The average molecular weight is 608 g/mol. The molecule has 2 atom stereocenters. The van der Waals surface area contributed by atoms with Crippen LogP contribution in [0.5, 0.6) is 11.5 Å². The van der Waals surface area contributed by atoms with E-state index >= 15 is 0 Å². The fourth-order valence-electron chi connectivity index (χ4n) is 4.92. The van der Waals surface area contributed by atoms with Gasteiger partial charge in [-0.3, -0.25) is 14.5 Å². The van der Waals surface area contributed by atoms with E-state index in [4.69, 9.17) is 9.47 Å². The molecule has 1 saturated carbocycles. The summed E-state index contributed by atoms with van der Waals surface area (Å²) in [5, 5.41) is 6.14. The van der Waals surface area contributed by atoms with Crippen molar-refractivity contribution in [2.24, 2.45) is 5.92 Å². The lowest BCUT2D eigenvalue weighted by atomic mass is 9.91. The molecular weight excluding hydrogens is 566 g/mol. The molecule has 2 aromatic rings. The van der Waals surface area contributed by atoms with Gasteiger partial charge in [-0.1, -0.05) is 49.6 Å². The number of halogens is 1. The van der Waals surface area contributed by atoms with Gasteiger partial charge in [0.1, 0.15) is 17.5 Å². The first-order valence-corrected chi connectivity index (χ1v) is 16.2. The van der Waals surface area contributed by atoms with E-state index in [9.17, 15) is 9.59 Å². The van der Waals surface area contributed by atoms with Crippen LogP contribution in [-0.2, 0) is 20.9 Å². The second kappa shape index (κ2) is 17.8. The van der Waals surface area contributed by atoms with Crippen molar-refractivity contribution < 1.29 is 19.1 Å². The van der Waals surface area contributed by atoms with Gasteiger partial charge >= 0.3 is 0 Å². The molecular formula is C30H42ClN3O4S2. The van der Waals surface area contributed by atoms with Crippen molar-refractivity contribution in [3.63, 3.8) is 0 Å². The summed E-state index contributed by atoms with van der Waals surface area (Å²) in [4.78, 5) is 28.7. The Balaban J connectivity index is 0.00000441. The van der Waals surface area contributed by atoms with Crippen molar-refractivity contribution in [2.75, 3.05) is 43.4 Å². The molecule has 1 heterocycles. The van der Waals surface area contributed by atoms with E-state index in [-0.39, 0.29) is 30.3 Å². The molecule has 1 aliphatic heterocycles. The van der Waals surface area contributed by atoms with Gasteiger partial charge in [-0.15, -0.1) is 24.2 Å². The zero-order chi connectivity index (χ0) is 27.3. The number of para-hydroxylation sites is 1. The number of nitrogens with one attached hydrogen (secondary N) is 2. The molecule has 40 heavy (non-hydrogen) atoms. The third kappa shape index (κ3) is 10.5. The molecule has 2 amide bonds. The monoisotopic (exact) mass is 607 g/mol. The van der Waals surface area contributed by atoms with E-state index in [0.717, 1.165) is 40.4 Å². The third-order valence-electron chi connectivity index (χ3n) is 7.22. The average Bonchev–Trinajstić information content (AvgIpc) is 3.45. The fourth-order valence-corrected chi connectivity index (χ4v) is 7.42. The zero-order valence-electron chi connectivity index (χ0n) is 23.2. The Morgan fingerprint density at radius 3 is 2.50 bits per heavy atom. The first-order valence-electron chi connectivity index (χ1n) is 13.9. The van der Waals surface area contributed by atoms with Gasteiger partial charge in [-0.25, -0.2) is 0 Å². The molecule has 220 valence electrons. The van der Waals surface area contributed by atoms with Crippen LogP contribution in [-0.4, -0.2) is 72.2 Å². The molecule has 10 heteroatoms. The summed E-state index contributed by atoms with van der Waals surface area (Å²) >= 11 is 3.53. The minimum Gasteiger partial charge on any atom is -0.457 e. The van der Waals surface area contributed by atoms with Crippen LogP contribution in [0.25, 0.3) is 0 Å². The number of carbonyl (C=O) groups is 2. The number of amides is 2. The zero-order valence-corrected chi connectivity index (χ0v) is 25.7. The smallest absolute Gasteiger partial charge is 0.243 e. The molecule has 1 aliphatic carbocycles. The topological polar surface area (TPSA) is 79.9 Å². The molecule has 4 rings (SSSR count). The van der Waals surface area contributed by atoms with Gasteiger partial charge in [0.15, 0.2) is 0 Å². The Morgan fingerprint density at radius 2 is 1.77 bits per heavy atom. The standard InChI is InChI=1S/C30H41N3O4S2.ClH/c1-36-17-16-33-22-39-21-28(33)30(35)32-27(20-38-19-24-8-4-2-5-9-24)29(34)31-18-23-12-14-26(15-13-23)37-25-10-6-3-7-11-25;/h3,6-7,10-15,24,27-28H,2,4-5,8-9,16-22H2,1H3,(H,31,34)(H,32,35);1H/t27-,28-;/m0./s1. The maximum Gasteiger partial charge on any atom is 0.243 e. The van der Waals surface area contributed by atoms with E-state index < -0.39 is 6.04 Å². The quantitative estimate of drug-likeness (QED) is 0.300. The van der Waals surface area contributed by atoms with E-state index in [2.05, 4.69) is 15.5 Å². The van der Waals surface area contributed by atoms with Gasteiger partial charge in [-0.2, -0.15) is 11.8 Å². The molecule has 7 nitrogen and oxygen atoms in total. The Morgan fingerprint density at radius 1 is 1.05 bits per heavy atom. The second-order valence-corrected chi connectivity index (χ2v) is 12.3. The predicted octanol–water partition coefficient (Wildman–Crippen LogP) is 5.34. The van der Waals surface area contributed by atoms with Crippen LogP contribution in [0.1, 0.15) is 37.7 Å². The molecule has 2 aliphatic rings. The summed E-state index contributed by atoms with van der Waals surface area (Å²) in [6.45, 7) is 1.68. The van der Waals surface area contributed by atoms with Crippen molar-refractivity contribution in [3.05, 3.63) is 60.2 Å². The lowest BCUT2D eigenvalue weighted by molar-refractivity contribution is -0.130. The number of rotatable bonds is 14. The number of nitrogens with zero attached hydrogens (tertiary/aromatic N) is 1. The molecule has 2 aromatic carbocycles. The van der Waals surface area contributed by atoms with Crippen molar-refractivity contribution in [1.82, 2.24) is 15.5 Å². The van der Waals surface area contributed by atoms with Crippen LogP contribution in [0.2, 0.25) is 0 Å². The molecule has 0 unspecified atom stereocenters. The van der Waals surface area contributed by atoms with Crippen LogP contribution < -0.4 is 15.4 Å². The van der Waals surface area contributed by atoms with Crippen molar-refractivity contribution >= 4 is 47.7 Å². The summed E-state index contributed by atoms with van der Waals surface area (Å²) < 4.78 is 11.1. The van der Waals surface area contributed by atoms with Gasteiger partial charge in [-0.05, 0) is 54.3 Å². The molecule has 2 fully saturated rings. The molecule has 2 N–H and O–H groups in total. The van der Waals surface area contributed by atoms with Gasteiger partial charge in [0.2, 0.25) is 11.8 Å². The van der Waals surface area contributed by atoms with Gasteiger partial charge < -0.3 is 20.1 Å². The van der Waals surface area contributed by atoms with Gasteiger partial charge in [0, 0.05) is 37.6 Å². The minimum absolute atomic E-state index is 0. The summed E-state index contributed by atoms with van der Waals surface area (Å²) in [5.74, 6) is 5.19. The molecule has 0 bridgehead atoms. The highest BCUT2D eigenvalue weighted by atomic mass is 35.5. The summed E-state index contributed by atoms with van der Waals surface area (Å²) in [5.41, 5.74) is 0.974. The summed E-state index contributed by atoms with van der Waals surface area (Å²) in [7, 11) is 1.67. The van der Waals surface area contributed by atoms with E-state index in [0.29, 0.717) is 25.4 Å². The number of ether oxygens (including phenoxy) is 2. The SMILES string of the molecule is COCCN1CSC[C@H]1C(=O)N[C@@H](CSCC1CCCCC1)C(=O)NCc1ccc(Oc2ccccc2)cc1.Cl. The Hall–Kier alpha value is -1.91. The molecule has 0 radical (unpaired) electrons. The lowest BCUT2D eigenvalue weighted by Crippen LogP contribution is -2.54. The van der Waals surface area contributed by atoms with Crippen molar-refractivity contribution in [1.29, 1.82) is 0 Å². The first-order chi connectivity index (χ1) is 19.1. The second-order valence-electron chi connectivity index (χ2n) is 10.2.